The van der Waals surface area contributed by atoms with Gasteiger partial charge in [-0.05, 0) is 25.1 Å². The highest BCUT2D eigenvalue weighted by Gasteiger charge is 2.24. The Hall–Kier alpha value is -1.71. The summed E-state index contributed by atoms with van der Waals surface area (Å²) in [6, 6.07) is 13.9. The van der Waals surface area contributed by atoms with E-state index < -0.39 is 12.1 Å². The first kappa shape index (κ1) is 15.7. The summed E-state index contributed by atoms with van der Waals surface area (Å²) in [5, 5.41) is 0.876. The molecule has 0 aliphatic carbocycles. The van der Waals surface area contributed by atoms with Crippen LogP contribution in [-0.2, 0) is 9.53 Å². The Morgan fingerprint density at radius 3 is 2.29 bits per heavy atom. The first-order chi connectivity index (χ1) is 10.1. The summed E-state index contributed by atoms with van der Waals surface area (Å²) in [4.78, 5) is 12.1. The highest BCUT2D eigenvalue weighted by molar-refractivity contribution is 6.34. The summed E-state index contributed by atoms with van der Waals surface area (Å²) in [5.41, 5.74) is 0.701. The van der Waals surface area contributed by atoms with E-state index in [9.17, 15) is 4.79 Å². The Morgan fingerprint density at radius 1 is 1.10 bits per heavy atom. The van der Waals surface area contributed by atoms with Gasteiger partial charge in [-0.2, -0.15) is 0 Å². The van der Waals surface area contributed by atoms with Crippen LogP contribution in [0, 0.1) is 0 Å². The maximum atomic E-state index is 12.1. The van der Waals surface area contributed by atoms with Gasteiger partial charge in [0.15, 0.2) is 0 Å². The predicted molar refractivity (Wildman–Crippen MR) is 82.9 cm³/mol. The van der Waals surface area contributed by atoms with Crippen LogP contribution < -0.4 is 4.74 Å². The van der Waals surface area contributed by atoms with Gasteiger partial charge in [0.25, 0.3) is 0 Å². The fourth-order valence-electron chi connectivity index (χ4n) is 1.83. The average molecular weight is 325 g/mol. The van der Waals surface area contributed by atoms with Crippen LogP contribution >= 0.6 is 23.2 Å². The molecule has 0 spiro atoms. The molecule has 110 valence electrons. The summed E-state index contributed by atoms with van der Waals surface area (Å²) in [5.74, 6) is -0.0470. The minimum absolute atomic E-state index is 0.280. The summed E-state index contributed by atoms with van der Waals surface area (Å²) in [6.45, 7) is 2.03. The zero-order valence-electron chi connectivity index (χ0n) is 11.4. The van der Waals surface area contributed by atoms with Crippen molar-refractivity contribution < 1.29 is 14.3 Å². The topological polar surface area (TPSA) is 35.5 Å². The second kappa shape index (κ2) is 7.34. The maximum Gasteiger partial charge on any atom is 0.352 e. The van der Waals surface area contributed by atoms with Crippen LogP contribution in [0.3, 0.4) is 0 Å². The van der Waals surface area contributed by atoms with Crippen LogP contribution in [0.15, 0.2) is 48.5 Å². The highest BCUT2D eigenvalue weighted by Crippen LogP contribution is 2.29. The van der Waals surface area contributed by atoms with Gasteiger partial charge in [0.1, 0.15) is 5.75 Å². The van der Waals surface area contributed by atoms with Gasteiger partial charge in [0.2, 0.25) is 6.10 Å². The molecule has 2 rings (SSSR count). The Morgan fingerprint density at radius 2 is 1.71 bits per heavy atom. The third kappa shape index (κ3) is 4.38. The lowest BCUT2D eigenvalue weighted by Crippen LogP contribution is -2.21. The third-order valence-electron chi connectivity index (χ3n) is 2.69. The summed E-state index contributed by atoms with van der Waals surface area (Å²) in [7, 11) is 0. The molecule has 1 atom stereocenters. The minimum Gasteiger partial charge on any atom is -0.474 e. The lowest BCUT2D eigenvalue weighted by Gasteiger charge is -2.18. The van der Waals surface area contributed by atoms with E-state index in [1.807, 2.05) is 18.2 Å². The van der Waals surface area contributed by atoms with Crippen molar-refractivity contribution in [3.8, 4) is 5.75 Å². The molecule has 0 aromatic heterocycles. The SMILES string of the molecule is CCOC(=O)C(Oc1cc(Cl)cc(Cl)c1)c1ccccc1. The molecule has 0 heterocycles. The molecule has 5 heteroatoms. The summed E-state index contributed by atoms with van der Waals surface area (Å²) in [6.07, 6.45) is -0.860. The van der Waals surface area contributed by atoms with Crippen LogP contribution in [0.25, 0.3) is 0 Å². The van der Waals surface area contributed by atoms with E-state index in [0.717, 1.165) is 0 Å². The molecule has 0 saturated heterocycles. The van der Waals surface area contributed by atoms with Crippen molar-refractivity contribution >= 4 is 29.2 Å². The molecule has 0 amide bonds. The van der Waals surface area contributed by atoms with Crippen molar-refractivity contribution in [1.29, 1.82) is 0 Å². The number of esters is 1. The molecule has 0 fully saturated rings. The van der Waals surface area contributed by atoms with E-state index in [2.05, 4.69) is 0 Å². The van der Waals surface area contributed by atoms with Gasteiger partial charge >= 0.3 is 5.97 Å². The normalized spacial score (nSPS) is 11.8. The number of hydrogen-bond acceptors (Lipinski definition) is 3. The van der Waals surface area contributed by atoms with E-state index in [1.165, 1.54) is 0 Å². The number of benzene rings is 2. The number of carbonyl (C=O) groups excluding carboxylic acids is 1. The summed E-state index contributed by atoms with van der Waals surface area (Å²) < 4.78 is 10.8. The second-order valence-electron chi connectivity index (χ2n) is 4.27. The van der Waals surface area contributed by atoms with E-state index in [1.54, 1.807) is 37.3 Å². The van der Waals surface area contributed by atoms with Gasteiger partial charge in [0, 0.05) is 15.6 Å². The fourth-order valence-corrected chi connectivity index (χ4v) is 2.34. The molecule has 0 aliphatic heterocycles. The Bertz CT molecular complexity index is 594. The molecule has 0 saturated carbocycles. The van der Waals surface area contributed by atoms with Crippen LogP contribution in [0.1, 0.15) is 18.6 Å². The number of ether oxygens (including phenoxy) is 2. The molecule has 3 nitrogen and oxygen atoms in total. The molecule has 2 aromatic carbocycles. The van der Waals surface area contributed by atoms with Crippen molar-refractivity contribution in [1.82, 2.24) is 0 Å². The number of hydrogen-bond donors (Lipinski definition) is 0. The zero-order valence-corrected chi connectivity index (χ0v) is 12.9. The minimum atomic E-state index is -0.860. The molecule has 1 unspecified atom stereocenters. The maximum absolute atomic E-state index is 12.1. The standard InChI is InChI=1S/C16H14Cl2O3/c1-2-20-16(19)15(11-6-4-3-5-7-11)21-14-9-12(17)8-13(18)10-14/h3-10,15H,2H2,1H3. The fraction of sp³-hybridized carbons (Fsp3) is 0.188. The van der Waals surface area contributed by atoms with Gasteiger partial charge in [-0.1, -0.05) is 53.5 Å². The molecule has 0 N–H and O–H groups in total. The first-order valence-corrected chi connectivity index (χ1v) is 7.20. The van der Waals surface area contributed by atoms with Gasteiger partial charge in [-0.25, -0.2) is 4.79 Å². The number of carbonyl (C=O) groups is 1. The van der Waals surface area contributed by atoms with Crippen molar-refractivity contribution in [2.24, 2.45) is 0 Å². The monoisotopic (exact) mass is 324 g/mol. The second-order valence-corrected chi connectivity index (χ2v) is 5.14. The highest BCUT2D eigenvalue weighted by atomic mass is 35.5. The van der Waals surface area contributed by atoms with Crippen LogP contribution in [0.5, 0.6) is 5.75 Å². The quantitative estimate of drug-likeness (QED) is 0.749. The number of rotatable bonds is 5. The van der Waals surface area contributed by atoms with Gasteiger partial charge in [-0.3, -0.25) is 0 Å². The van der Waals surface area contributed by atoms with E-state index in [4.69, 9.17) is 32.7 Å². The number of halogens is 2. The van der Waals surface area contributed by atoms with Crippen molar-refractivity contribution in [2.45, 2.75) is 13.0 Å². The van der Waals surface area contributed by atoms with Crippen molar-refractivity contribution in [3.05, 3.63) is 64.1 Å². The van der Waals surface area contributed by atoms with E-state index in [0.29, 0.717) is 21.4 Å². The van der Waals surface area contributed by atoms with Crippen LogP contribution in [0.4, 0.5) is 0 Å². The smallest absolute Gasteiger partial charge is 0.352 e. The molecule has 0 radical (unpaired) electrons. The van der Waals surface area contributed by atoms with Crippen LogP contribution in [-0.4, -0.2) is 12.6 Å². The molecular weight excluding hydrogens is 311 g/mol. The van der Waals surface area contributed by atoms with Crippen molar-refractivity contribution in [2.75, 3.05) is 6.61 Å². The molecule has 0 aliphatic rings. The molecule has 21 heavy (non-hydrogen) atoms. The van der Waals surface area contributed by atoms with Crippen molar-refractivity contribution in [3.63, 3.8) is 0 Å². The van der Waals surface area contributed by atoms with Gasteiger partial charge in [0.05, 0.1) is 6.61 Å². The predicted octanol–water partition coefficient (Wildman–Crippen LogP) is 4.68. The van der Waals surface area contributed by atoms with Gasteiger partial charge in [-0.15, -0.1) is 0 Å². The Labute approximate surface area is 133 Å². The molecule has 0 bridgehead atoms. The van der Waals surface area contributed by atoms with Crippen LogP contribution in [0.2, 0.25) is 10.0 Å². The Kier molecular flexibility index (Phi) is 5.48. The Balaban J connectivity index is 2.29. The first-order valence-electron chi connectivity index (χ1n) is 6.44. The lowest BCUT2D eigenvalue weighted by atomic mass is 10.1. The van der Waals surface area contributed by atoms with Gasteiger partial charge < -0.3 is 9.47 Å². The molecule has 2 aromatic rings. The van der Waals surface area contributed by atoms with E-state index in [-0.39, 0.29) is 6.61 Å². The van der Waals surface area contributed by atoms with E-state index >= 15 is 0 Å². The third-order valence-corrected chi connectivity index (χ3v) is 3.13. The lowest BCUT2D eigenvalue weighted by molar-refractivity contribution is -0.151. The molecular formula is C16H14Cl2O3. The zero-order chi connectivity index (χ0) is 15.2. The largest absolute Gasteiger partial charge is 0.474 e. The summed E-state index contributed by atoms with van der Waals surface area (Å²) >= 11 is 11.9. The average Bonchev–Trinajstić information content (AvgIpc) is 2.45.